The molecule has 0 saturated carbocycles. The molecule has 98 valence electrons. The first-order chi connectivity index (χ1) is 8.15. The zero-order chi connectivity index (χ0) is 13.1. The molecule has 4 heteroatoms. The molecule has 0 saturated heterocycles. The van der Waals surface area contributed by atoms with Crippen molar-refractivity contribution < 1.29 is 19.1 Å². The Kier molecular flexibility index (Phi) is 9.11. The molecule has 0 radical (unpaired) electrons. The van der Waals surface area contributed by atoms with E-state index in [1.807, 2.05) is 0 Å². The second kappa shape index (κ2) is 9.87. The molecule has 0 aromatic heterocycles. The Labute approximate surface area is 103 Å². The highest BCUT2D eigenvalue weighted by Gasteiger charge is 2.15. The zero-order valence-corrected chi connectivity index (χ0v) is 10.9. The summed E-state index contributed by atoms with van der Waals surface area (Å²) in [5.74, 6) is -1.07. The van der Waals surface area contributed by atoms with Gasteiger partial charge in [-0.3, -0.25) is 4.79 Å². The van der Waals surface area contributed by atoms with Crippen LogP contribution in [0.5, 0.6) is 0 Å². The van der Waals surface area contributed by atoms with Crippen molar-refractivity contribution in [3.05, 3.63) is 12.2 Å². The van der Waals surface area contributed by atoms with Crippen molar-refractivity contribution in [1.82, 2.24) is 0 Å². The van der Waals surface area contributed by atoms with E-state index in [9.17, 15) is 9.59 Å². The van der Waals surface area contributed by atoms with E-state index in [1.165, 1.54) is 13.2 Å². The van der Waals surface area contributed by atoms with Crippen LogP contribution in [0.2, 0.25) is 0 Å². The summed E-state index contributed by atoms with van der Waals surface area (Å²) in [6.45, 7) is 4.17. The molecule has 0 aliphatic rings. The first kappa shape index (κ1) is 15.7. The van der Waals surface area contributed by atoms with Crippen molar-refractivity contribution in [2.45, 2.75) is 39.5 Å². The highest BCUT2D eigenvalue weighted by molar-refractivity contribution is 5.83. The standard InChI is InChI=1S/C13H22O4/c1-4-6-7-8-11(13(15)16-3)9-10-12(14)17-5-2/h9-11H,4-8H2,1-3H3/b10-9+. The predicted octanol–water partition coefficient (Wildman–Crippen LogP) is 2.48. The minimum atomic E-state index is -0.420. The van der Waals surface area contributed by atoms with Crippen LogP contribution in [0.25, 0.3) is 0 Å². The Morgan fingerprint density at radius 1 is 1.24 bits per heavy atom. The zero-order valence-electron chi connectivity index (χ0n) is 10.9. The maximum absolute atomic E-state index is 11.5. The van der Waals surface area contributed by atoms with Gasteiger partial charge in [-0.2, -0.15) is 0 Å². The molecule has 0 rings (SSSR count). The van der Waals surface area contributed by atoms with Crippen molar-refractivity contribution in [1.29, 1.82) is 0 Å². The number of esters is 2. The van der Waals surface area contributed by atoms with E-state index in [-0.39, 0.29) is 11.9 Å². The van der Waals surface area contributed by atoms with E-state index in [0.29, 0.717) is 13.0 Å². The largest absolute Gasteiger partial charge is 0.469 e. The molecule has 0 aromatic carbocycles. The average Bonchev–Trinajstić information content (AvgIpc) is 2.33. The van der Waals surface area contributed by atoms with Crippen LogP contribution in [0.3, 0.4) is 0 Å². The third-order valence-corrected chi connectivity index (χ3v) is 2.37. The summed E-state index contributed by atoms with van der Waals surface area (Å²) < 4.78 is 9.45. The molecule has 0 aliphatic heterocycles. The predicted molar refractivity (Wildman–Crippen MR) is 65.4 cm³/mol. The topological polar surface area (TPSA) is 52.6 Å². The van der Waals surface area contributed by atoms with E-state index < -0.39 is 5.97 Å². The van der Waals surface area contributed by atoms with Crippen LogP contribution in [0.15, 0.2) is 12.2 Å². The monoisotopic (exact) mass is 242 g/mol. The summed E-state index contributed by atoms with van der Waals surface area (Å²) in [7, 11) is 1.35. The molecule has 0 heterocycles. The highest BCUT2D eigenvalue weighted by Crippen LogP contribution is 2.13. The number of hydrogen-bond donors (Lipinski definition) is 0. The Balaban J connectivity index is 4.27. The Bertz CT molecular complexity index is 258. The van der Waals surface area contributed by atoms with Crippen molar-refractivity contribution in [3.63, 3.8) is 0 Å². The minimum absolute atomic E-state index is 0.304. The van der Waals surface area contributed by atoms with Gasteiger partial charge in [0.1, 0.15) is 0 Å². The van der Waals surface area contributed by atoms with Gasteiger partial charge in [-0.1, -0.05) is 32.3 Å². The third kappa shape index (κ3) is 7.55. The van der Waals surface area contributed by atoms with Crippen LogP contribution in [0, 0.1) is 5.92 Å². The number of carbonyl (C=O) groups is 2. The van der Waals surface area contributed by atoms with Crippen molar-refractivity contribution in [2.24, 2.45) is 5.92 Å². The molecule has 0 N–H and O–H groups in total. The summed E-state index contributed by atoms with van der Waals surface area (Å²) in [5.41, 5.74) is 0. The normalized spacial score (nSPS) is 12.4. The third-order valence-electron chi connectivity index (χ3n) is 2.37. The van der Waals surface area contributed by atoms with E-state index in [2.05, 4.69) is 6.92 Å². The van der Waals surface area contributed by atoms with Crippen molar-refractivity contribution in [2.75, 3.05) is 13.7 Å². The first-order valence-electron chi connectivity index (χ1n) is 6.08. The summed E-state index contributed by atoms with van der Waals surface area (Å²) in [6, 6.07) is 0. The Hall–Kier alpha value is -1.32. The van der Waals surface area contributed by atoms with E-state index in [1.54, 1.807) is 13.0 Å². The Morgan fingerprint density at radius 2 is 1.94 bits per heavy atom. The van der Waals surface area contributed by atoms with Crippen LogP contribution in [-0.4, -0.2) is 25.7 Å². The van der Waals surface area contributed by atoms with Gasteiger partial charge >= 0.3 is 11.9 Å². The van der Waals surface area contributed by atoms with Gasteiger partial charge in [-0.05, 0) is 13.3 Å². The SMILES string of the molecule is CCCCCC(/C=C/C(=O)OCC)C(=O)OC. The number of hydrogen-bond acceptors (Lipinski definition) is 4. The molecule has 0 bridgehead atoms. The molecule has 1 unspecified atom stereocenters. The maximum Gasteiger partial charge on any atom is 0.330 e. The molecule has 1 atom stereocenters. The lowest BCUT2D eigenvalue weighted by atomic mass is 10.0. The molecule has 0 aromatic rings. The van der Waals surface area contributed by atoms with Gasteiger partial charge in [-0.15, -0.1) is 0 Å². The van der Waals surface area contributed by atoms with E-state index in [0.717, 1.165) is 19.3 Å². The van der Waals surface area contributed by atoms with Gasteiger partial charge in [0.05, 0.1) is 19.6 Å². The summed E-state index contributed by atoms with van der Waals surface area (Å²) in [5, 5.41) is 0. The molecule has 0 aliphatic carbocycles. The smallest absolute Gasteiger partial charge is 0.330 e. The second-order valence-corrected chi connectivity index (χ2v) is 3.74. The van der Waals surface area contributed by atoms with Crippen LogP contribution < -0.4 is 0 Å². The fourth-order valence-corrected chi connectivity index (χ4v) is 1.44. The lowest BCUT2D eigenvalue weighted by molar-refractivity contribution is -0.143. The van der Waals surface area contributed by atoms with Gasteiger partial charge in [0.2, 0.25) is 0 Å². The minimum Gasteiger partial charge on any atom is -0.469 e. The number of rotatable bonds is 8. The molecule has 0 fully saturated rings. The summed E-state index contributed by atoms with van der Waals surface area (Å²) in [4.78, 5) is 22.6. The van der Waals surface area contributed by atoms with Crippen LogP contribution in [0.1, 0.15) is 39.5 Å². The fourth-order valence-electron chi connectivity index (χ4n) is 1.44. The number of methoxy groups -OCH3 is 1. The van der Waals surface area contributed by atoms with Crippen LogP contribution >= 0.6 is 0 Å². The van der Waals surface area contributed by atoms with Crippen LogP contribution in [-0.2, 0) is 19.1 Å². The molecule has 4 nitrogen and oxygen atoms in total. The molecular weight excluding hydrogens is 220 g/mol. The highest BCUT2D eigenvalue weighted by atomic mass is 16.5. The average molecular weight is 242 g/mol. The van der Waals surface area contributed by atoms with Gasteiger partial charge in [0.15, 0.2) is 0 Å². The maximum atomic E-state index is 11.5. The molecule has 0 spiro atoms. The van der Waals surface area contributed by atoms with E-state index >= 15 is 0 Å². The Morgan fingerprint density at radius 3 is 2.47 bits per heavy atom. The van der Waals surface area contributed by atoms with Gasteiger partial charge in [0, 0.05) is 6.08 Å². The van der Waals surface area contributed by atoms with Crippen LogP contribution in [0.4, 0.5) is 0 Å². The summed E-state index contributed by atoms with van der Waals surface area (Å²) >= 11 is 0. The molecule has 0 amide bonds. The van der Waals surface area contributed by atoms with Gasteiger partial charge in [0.25, 0.3) is 0 Å². The lowest BCUT2D eigenvalue weighted by Crippen LogP contribution is -2.14. The van der Waals surface area contributed by atoms with Gasteiger partial charge < -0.3 is 9.47 Å². The first-order valence-corrected chi connectivity index (χ1v) is 6.08. The van der Waals surface area contributed by atoms with Crippen molar-refractivity contribution >= 4 is 11.9 Å². The number of ether oxygens (including phenoxy) is 2. The quantitative estimate of drug-likeness (QED) is 0.373. The number of unbranched alkanes of at least 4 members (excludes halogenated alkanes) is 2. The number of carbonyl (C=O) groups excluding carboxylic acids is 2. The lowest BCUT2D eigenvalue weighted by Gasteiger charge is -2.09. The second-order valence-electron chi connectivity index (χ2n) is 3.74. The van der Waals surface area contributed by atoms with Crippen molar-refractivity contribution in [3.8, 4) is 0 Å². The summed E-state index contributed by atoms with van der Waals surface area (Å²) in [6.07, 6.45) is 6.69. The van der Waals surface area contributed by atoms with Gasteiger partial charge in [-0.25, -0.2) is 4.79 Å². The van der Waals surface area contributed by atoms with E-state index in [4.69, 9.17) is 9.47 Å². The molecular formula is C13H22O4. The fraction of sp³-hybridized carbons (Fsp3) is 0.692. The molecule has 17 heavy (non-hydrogen) atoms.